The SMILES string of the molecule is CN=C(NCC(=O)NCCOC)NCc1ccccc1-n1nc(C)cc1C.I. The van der Waals surface area contributed by atoms with Crippen molar-refractivity contribution in [3.8, 4) is 5.69 Å². The van der Waals surface area contributed by atoms with Crippen LogP contribution in [0, 0.1) is 13.8 Å². The molecule has 3 N–H and O–H groups in total. The summed E-state index contributed by atoms with van der Waals surface area (Å²) >= 11 is 0. The number of hydrogen-bond acceptors (Lipinski definition) is 4. The number of para-hydroxylation sites is 1. The van der Waals surface area contributed by atoms with Crippen molar-refractivity contribution in [2.24, 2.45) is 4.99 Å². The number of aromatic nitrogens is 2. The highest BCUT2D eigenvalue weighted by Crippen LogP contribution is 2.16. The third-order valence-corrected chi connectivity index (χ3v) is 3.94. The fraction of sp³-hybridized carbons (Fsp3) is 0.421. The second-order valence-electron chi connectivity index (χ2n) is 6.09. The lowest BCUT2D eigenvalue weighted by atomic mass is 10.1. The molecule has 1 aromatic carbocycles. The largest absolute Gasteiger partial charge is 0.383 e. The van der Waals surface area contributed by atoms with E-state index in [1.165, 1.54) is 0 Å². The van der Waals surface area contributed by atoms with Crippen molar-refractivity contribution in [1.82, 2.24) is 25.7 Å². The van der Waals surface area contributed by atoms with Gasteiger partial charge in [-0.15, -0.1) is 24.0 Å². The van der Waals surface area contributed by atoms with E-state index in [0.29, 0.717) is 25.7 Å². The first kappa shape index (κ1) is 23.9. The highest BCUT2D eigenvalue weighted by molar-refractivity contribution is 14.0. The summed E-state index contributed by atoms with van der Waals surface area (Å²) in [5.41, 5.74) is 4.15. The lowest BCUT2D eigenvalue weighted by Crippen LogP contribution is -2.43. The minimum absolute atomic E-state index is 0. The van der Waals surface area contributed by atoms with Gasteiger partial charge in [0.15, 0.2) is 5.96 Å². The molecule has 1 heterocycles. The van der Waals surface area contributed by atoms with Crippen LogP contribution in [-0.4, -0.2) is 55.5 Å². The Morgan fingerprint density at radius 2 is 1.96 bits per heavy atom. The molecule has 0 fully saturated rings. The molecule has 2 aromatic rings. The van der Waals surface area contributed by atoms with Gasteiger partial charge in [-0.2, -0.15) is 5.10 Å². The van der Waals surface area contributed by atoms with Crippen LogP contribution >= 0.6 is 24.0 Å². The van der Waals surface area contributed by atoms with Crippen molar-refractivity contribution in [3.05, 3.63) is 47.3 Å². The van der Waals surface area contributed by atoms with E-state index < -0.39 is 0 Å². The van der Waals surface area contributed by atoms with Crippen LogP contribution in [0.2, 0.25) is 0 Å². The number of halogens is 1. The van der Waals surface area contributed by atoms with Gasteiger partial charge in [0.2, 0.25) is 5.91 Å². The predicted octanol–water partition coefficient (Wildman–Crippen LogP) is 1.53. The van der Waals surface area contributed by atoms with E-state index in [2.05, 4.69) is 26.0 Å². The summed E-state index contributed by atoms with van der Waals surface area (Å²) in [4.78, 5) is 15.9. The molecule has 0 unspecified atom stereocenters. The van der Waals surface area contributed by atoms with Crippen LogP contribution in [0.5, 0.6) is 0 Å². The van der Waals surface area contributed by atoms with Crippen molar-refractivity contribution in [2.45, 2.75) is 20.4 Å². The Bertz CT molecular complexity index is 790. The molecule has 0 atom stereocenters. The van der Waals surface area contributed by atoms with E-state index in [0.717, 1.165) is 22.6 Å². The van der Waals surface area contributed by atoms with Gasteiger partial charge in [-0.05, 0) is 31.5 Å². The molecule has 0 aliphatic carbocycles. The normalized spacial score (nSPS) is 10.9. The van der Waals surface area contributed by atoms with Crippen molar-refractivity contribution < 1.29 is 9.53 Å². The predicted molar refractivity (Wildman–Crippen MR) is 122 cm³/mol. The highest BCUT2D eigenvalue weighted by atomic mass is 127. The second-order valence-corrected chi connectivity index (χ2v) is 6.09. The molecule has 28 heavy (non-hydrogen) atoms. The van der Waals surface area contributed by atoms with E-state index in [1.807, 2.05) is 48.9 Å². The summed E-state index contributed by atoms with van der Waals surface area (Å²) in [7, 11) is 3.27. The molecule has 1 amide bonds. The monoisotopic (exact) mass is 500 g/mol. The van der Waals surface area contributed by atoms with Crippen LogP contribution in [0.25, 0.3) is 5.69 Å². The fourth-order valence-electron chi connectivity index (χ4n) is 2.66. The molecule has 0 aliphatic heterocycles. The van der Waals surface area contributed by atoms with Crippen LogP contribution in [0.4, 0.5) is 0 Å². The molecule has 1 aromatic heterocycles. The third kappa shape index (κ3) is 7.12. The highest BCUT2D eigenvalue weighted by Gasteiger charge is 2.09. The number of aliphatic imine (C=N–C) groups is 1. The number of carbonyl (C=O) groups excluding carboxylic acids is 1. The van der Waals surface area contributed by atoms with Gasteiger partial charge in [0.25, 0.3) is 0 Å². The molecular formula is C19H29IN6O2. The molecule has 9 heteroatoms. The molecule has 8 nitrogen and oxygen atoms in total. The Labute approximate surface area is 183 Å². The molecule has 0 bridgehead atoms. The van der Waals surface area contributed by atoms with Crippen molar-refractivity contribution in [3.63, 3.8) is 0 Å². The average molecular weight is 500 g/mol. The maximum absolute atomic E-state index is 11.8. The zero-order valence-corrected chi connectivity index (χ0v) is 19.1. The van der Waals surface area contributed by atoms with Crippen molar-refractivity contribution in [1.29, 1.82) is 0 Å². The summed E-state index contributed by atoms with van der Waals surface area (Å²) < 4.78 is 6.84. The van der Waals surface area contributed by atoms with Gasteiger partial charge >= 0.3 is 0 Å². The summed E-state index contributed by atoms with van der Waals surface area (Å²) in [6.07, 6.45) is 0. The van der Waals surface area contributed by atoms with Gasteiger partial charge in [0, 0.05) is 32.9 Å². The van der Waals surface area contributed by atoms with E-state index in [1.54, 1.807) is 14.2 Å². The number of methoxy groups -OCH3 is 1. The van der Waals surface area contributed by atoms with Gasteiger partial charge in [-0.25, -0.2) is 4.68 Å². The van der Waals surface area contributed by atoms with Crippen LogP contribution in [0.15, 0.2) is 35.3 Å². The van der Waals surface area contributed by atoms with Crippen molar-refractivity contribution >= 4 is 35.8 Å². The number of ether oxygens (including phenoxy) is 1. The summed E-state index contributed by atoms with van der Waals surface area (Å²) in [6.45, 7) is 5.68. The number of guanidine groups is 1. The number of hydrogen-bond donors (Lipinski definition) is 3. The first-order chi connectivity index (χ1) is 13.0. The Hall–Kier alpha value is -2.14. The Kier molecular flexibility index (Phi) is 10.5. The second kappa shape index (κ2) is 12.3. The smallest absolute Gasteiger partial charge is 0.239 e. The van der Waals surface area contributed by atoms with Crippen molar-refractivity contribution in [2.75, 3.05) is 33.9 Å². The lowest BCUT2D eigenvalue weighted by molar-refractivity contribution is -0.120. The number of benzene rings is 1. The zero-order valence-electron chi connectivity index (χ0n) is 16.8. The maximum atomic E-state index is 11.8. The van der Waals surface area contributed by atoms with Gasteiger partial charge in [0.1, 0.15) is 0 Å². The molecule has 0 spiro atoms. The lowest BCUT2D eigenvalue weighted by Gasteiger charge is -2.15. The maximum Gasteiger partial charge on any atom is 0.239 e. The minimum atomic E-state index is -0.113. The minimum Gasteiger partial charge on any atom is -0.383 e. The molecule has 0 aliphatic rings. The molecule has 2 rings (SSSR count). The van der Waals surface area contributed by atoms with E-state index >= 15 is 0 Å². The fourth-order valence-corrected chi connectivity index (χ4v) is 2.66. The van der Waals surface area contributed by atoms with Crippen LogP contribution < -0.4 is 16.0 Å². The summed E-state index contributed by atoms with van der Waals surface area (Å²) in [5, 5.41) is 13.6. The number of amides is 1. The van der Waals surface area contributed by atoms with E-state index in [4.69, 9.17) is 4.74 Å². The van der Waals surface area contributed by atoms with Crippen LogP contribution in [0.1, 0.15) is 17.0 Å². The van der Waals surface area contributed by atoms with Gasteiger partial charge in [0.05, 0.1) is 24.5 Å². The van der Waals surface area contributed by atoms with E-state index in [9.17, 15) is 4.79 Å². The molecule has 0 saturated heterocycles. The Morgan fingerprint density at radius 1 is 1.21 bits per heavy atom. The number of nitrogens with zero attached hydrogens (tertiary/aromatic N) is 3. The zero-order chi connectivity index (χ0) is 19.6. The first-order valence-corrected chi connectivity index (χ1v) is 8.87. The summed E-state index contributed by atoms with van der Waals surface area (Å²) in [5.74, 6) is 0.443. The molecular weight excluding hydrogens is 471 g/mol. The van der Waals surface area contributed by atoms with Crippen LogP contribution in [0.3, 0.4) is 0 Å². The standard InChI is InChI=1S/C19H28N6O2.HI/c1-14-11-15(2)25(24-14)17-8-6-5-7-16(17)12-22-19(20-3)23-13-18(26)21-9-10-27-4;/h5-8,11H,9-10,12-13H2,1-4H3,(H,21,26)(H2,20,22,23);1H. The average Bonchev–Trinajstić information content (AvgIpc) is 3.00. The molecule has 154 valence electrons. The topological polar surface area (TPSA) is 92.6 Å². The summed E-state index contributed by atoms with van der Waals surface area (Å²) in [6, 6.07) is 10.1. The van der Waals surface area contributed by atoms with Gasteiger partial charge < -0.3 is 20.7 Å². The number of aryl methyl sites for hydroxylation is 2. The third-order valence-electron chi connectivity index (χ3n) is 3.94. The number of rotatable bonds is 8. The quantitative estimate of drug-likeness (QED) is 0.221. The molecule has 0 radical (unpaired) electrons. The van der Waals surface area contributed by atoms with E-state index in [-0.39, 0.29) is 36.4 Å². The van der Waals surface area contributed by atoms with Gasteiger partial charge in [-0.1, -0.05) is 18.2 Å². The Morgan fingerprint density at radius 3 is 2.61 bits per heavy atom. The number of carbonyl (C=O) groups is 1. The molecule has 0 saturated carbocycles. The van der Waals surface area contributed by atoms with Gasteiger partial charge in [-0.3, -0.25) is 9.79 Å². The Balaban J connectivity index is 0.00000392. The first-order valence-electron chi connectivity index (χ1n) is 8.87. The number of nitrogens with one attached hydrogen (secondary N) is 3. The van der Waals surface area contributed by atoms with Crippen LogP contribution in [-0.2, 0) is 16.1 Å².